The van der Waals surface area contributed by atoms with Gasteiger partial charge >= 0.3 is 5.97 Å². The van der Waals surface area contributed by atoms with E-state index in [1.807, 2.05) is 0 Å². The maximum atomic E-state index is 11.7. The van der Waals surface area contributed by atoms with Gasteiger partial charge in [0.25, 0.3) is 6.43 Å². The fourth-order valence-electron chi connectivity index (χ4n) is 1.26. The average Bonchev–Trinajstić information content (AvgIpc) is 2.15. The highest BCUT2D eigenvalue weighted by molar-refractivity contribution is 5.72. The average molecular weight is 210 g/mol. The van der Waals surface area contributed by atoms with Gasteiger partial charge in [0, 0.05) is 0 Å². The molecule has 14 heavy (non-hydrogen) atoms. The molecule has 1 aliphatic rings. The van der Waals surface area contributed by atoms with Crippen molar-refractivity contribution in [1.82, 2.24) is 0 Å². The van der Waals surface area contributed by atoms with Gasteiger partial charge in [0.2, 0.25) is 0 Å². The van der Waals surface area contributed by atoms with E-state index in [1.165, 1.54) is 0 Å². The minimum Gasteiger partial charge on any atom is -0.479 e. The Labute approximate surface area is 79.8 Å². The topological polar surface area (TPSA) is 55.8 Å². The predicted molar refractivity (Wildman–Crippen MR) is 42.4 cm³/mol. The zero-order chi connectivity index (χ0) is 10.6. The van der Waals surface area contributed by atoms with E-state index >= 15 is 0 Å². The third-order valence-electron chi connectivity index (χ3n) is 1.97. The summed E-state index contributed by atoms with van der Waals surface area (Å²) in [6.45, 7) is -0.546. The van der Waals surface area contributed by atoms with Crippen LogP contribution in [0.4, 0.5) is 8.78 Å². The van der Waals surface area contributed by atoms with Crippen LogP contribution in [0.1, 0.15) is 12.8 Å². The van der Waals surface area contributed by atoms with Crippen LogP contribution in [0.15, 0.2) is 0 Å². The first-order valence-corrected chi connectivity index (χ1v) is 4.33. The smallest absolute Gasteiger partial charge is 0.332 e. The highest BCUT2D eigenvalue weighted by atomic mass is 19.3. The fraction of sp³-hybridized carbons (Fsp3) is 0.875. The van der Waals surface area contributed by atoms with E-state index in [2.05, 4.69) is 0 Å². The van der Waals surface area contributed by atoms with Gasteiger partial charge in [-0.2, -0.15) is 0 Å². The summed E-state index contributed by atoms with van der Waals surface area (Å²) in [4.78, 5) is 10.4. The summed E-state index contributed by atoms with van der Waals surface area (Å²) in [5.41, 5.74) is 0. The molecule has 2 atom stereocenters. The number of hydrogen-bond acceptors (Lipinski definition) is 3. The number of carboxylic acids is 1. The van der Waals surface area contributed by atoms with Crippen molar-refractivity contribution < 1.29 is 28.2 Å². The fourth-order valence-corrected chi connectivity index (χ4v) is 1.26. The van der Waals surface area contributed by atoms with Crippen LogP contribution >= 0.6 is 0 Å². The molecule has 0 amide bonds. The van der Waals surface area contributed by atoms with Gasteiger partial charge in [-0.1, -0.05) is 0 Å². The van der Waals surface area contributed by atoms with Crippen molar-refractivity contribution in [2.24, 2.45) is 0 Å². The molecule has 0 aromatic carbocycles. The minimum atomic E-state index is -2.49. The largest absolute Gasteiger partial charge is 0.479 e. The summed E-state index contributed by atoms with van der Waals surface area (Å²) < 4.78 is 33.2. The van der Waals surface area contributed by atoms with E-state index in [0.29, 0.717) is 12.8 Å². The Bertz CT molecular complexity index is 190. The van der Waals surface area contributed by atoms with Crippen LogP contribution < -0.4 is 0 Å². The van der Waals surface area contributed by atoms with Gasteiger partial charge in [0.05, 0.1) is 12.7 Å². The Morgan fingerprint density at radius 2 is 2.29 bits per heavy atom. The molecule has 2 unspecified atom stereocenters. The molecular formula is C8H12F2O4. The summed E-state index contributed by atoms with van der Waals surface area (Å²) in [7, 11) is 0. The summed E-state index contributed by atoms with van der Waals surface area (Å²) in [5.74, 6) is -1.02. The molecule has 4 nitrogen and oxygen atoms in total. The van der Waals surface area contributed by atoms with Gasteiger partial charge in [0.15, 0.2) is 6.10 Å². The first kappa shape index (κ1) is 11.3. The van der Waals surface area contributed by atoms with E-state index in [-0.39, 0.29) is 6.61 Å². The van der Waals surface area contributed by atoms with Crippen LogP contribution in [0.2, 0.25) is 0 Å². The van der Waals surface area contributed by atoms with E-state index in [4.69, 9.17) is 14.6 Å². The molecule has 1 saturated heterocycles. The molecule has 1 aliphatic heterocycles. The zero-order valence-corrected chi connectivity index (χ0v) is 7.49. The maximum Gasteiger partial charge on any atom is 0.332 e. The molecule has 0 aromatic rings. The molecule has 0 saturated carbocycles. The molecule has 1 N–H and O–H groups in total. The van der Waals surface area contributed by atoms with Crippen LogP contribution in [-0.4, -0.2) is 42.9 Å². The lowest BCUT2D eigenvalue weighted by Gasteiger charge is -2.26. The van der Waals surface area contributed by atoms with Crippen molar-refractivity contribution in [3.8, 4) is 0 Å². The van der Waals surface area contributed by atoms with Crippen molar-refractivity contribution >= 4 is 5.97 Å². The number of ether oxygens (including phenoxy) is 2. The summed E-state index contributed by atoms with van der Waals surface area (Å²) in [6, 6.07) is 0. The highest BCUT2D eigenvalue weighted by Crippen LogP contribution is 2.16. The molecule has 1 heterocycles. The summed E-state index contributed by atoms with van der Waals surface area (Å²) in [6.07, 6.45) is -2.96. The SMILES string of the molecule is O=C(O)C1CCC(OCC(F)F)CO1. The number of aliphatic carboxylic acids is 1. The van der Waals surface area contributed by atoms with E-state index in [0.717, 1.165) is 0 Å². The van der Waals surface area contributed by atoms with Crippen LogP contribution in [0.25, 0.3) is 0 Å². The lowest BCUT2D eigenvalue weighted by Crippen LogP contribution is -2.36. The number of carboxylic acid groups (broad SMARTS) is 1. The molecule has 0 bridgehead atoms. The molecule has 0 radical (unpaired) electrons. The van der Waals surface area contributed by atoms with Crippen molar-refractivity contribution in [1.29, 1.82) is 0 Å². The maximum absolute atomic E-state index is 11.7. The Kier molecular flexibility index (Phi) is 4.21. The van der Waals surface area contributed by atoms with E-state index < -0.39 is 31.2 Å². The molecule has 1 fully saturated rings. The van der Waals surface area contributed by atoms with Crippen molar-refractivity contribution in [3.63, 3.8) is 0 Å². The van der Waals surface area contributed by atoms with Crippen LogP contribution in [-0.2, 0) is 14.3 Å². The molecule has 6 heteroatoms. The second-order valence-electron chi connectivity index (χ2n) is 3.08. The molecule has 0 aromatic heterocycles. The van der Waals surface area contributed by atoms with Crippen molar-refractivity contribution in [2.45, 2.75) is 31.5 Å². The Morgan fingerprint density at radius 1 is 1.57 bits per heavy atom. The summed E-state index contributed by atoms with van der Waals surface area (Å²) in [5, 5.41) is 8.56. The van der Waals surface area contributed by atoms with Gasteiger partial charge in [-0.25, -0.2) is 13.6 Å². The first-order valence-electron chi connectivity index (χ1n) is 4.33. The van der Waals surface area contributed by atoms with Crippen LogP contribution in [0, 0.1) is 0 Å². The van der Waals surface area contributed by atoms with Gasteiger partial charge < -0.3 is 14.6 Å². The van der Waals surface area contributed by atoms with Crippen LogP contribution in [0.3, 0.4) is 0 Å². The minimum absolute atomic E-state index is 0.0731. The molecule has 0 aliphatic carbocycles. The van der Waals surface area contributed by atoms with Gasteiger partial charge in [-0.15, -0.1) is 0 Å². The molecular weight excluding hydrogens is 198 g/mol. The Morgan fingerprint density at radius 3 is 2.71 bits per heavy atom. The number of hydrogen-bond donors (Lipinski definition) is 1. The third-order valence-corrected chi connectivity index (χ3v) is 1.97. The van der Waals surface area contributed by atoms with Crippen molar-refractivity contribution in [3.05, 3.63) is 0 Å². The lowest BCUT2D eigenvalue weighted by atomic mass is 10.1. The van der Waals surface area contributed by atoms with Crippen LogP contribution in [0.5, 0.6) is 0 Å². The number of rotatable bonds is 4. The second-order valence-corrected chi connectivity index (χ2v) is 3.08. The van der Waals surface area contributed by atoms with E-state index in [1.54, 1.807) is 0 Å². The van der Waals surface area contributed by atoms with Gasteiger partial charge in [-0.05, 0) is 12.8 Å². The van der Waals surface area contributed by atoms with Gasteiger partial charge in [0.1, 0.15) is 6.61 Å². The quantitative estimate of drug-likeness (QED) is 0.749. The number of carbonyl (C=O) groups is 1. The van der Waals surface area contributed by atoms with Gasteiger partial charge in [-0.3, -0.25) is 0 Å². The third kappa shape index (κ3) is 3.55. The monoisotopic (exact) mass is 210 g/mol. The normalized spacial score (nSPS) is 27.9. The first-order chi connectivity index (χ1) is 6.59. The van der Waals surface area contributed by atoms with E-state index in [9.17, 15) is 13.6 Å². The second kappa shape index (κ2) is 5.21. The lowest BCUT2D eigenvalue weighted by molar-refractivity contribution is -0.162. The highest BCUT2D eigenvalue weighted by Gasteiger charge is 2.27. The Balaban J connectivity index is 2.19. The predicted octanol–water partition coefficient (Wildman–Crippen LogP) is 0.900. The molecule has 1 rings (SSSR count). The number of alkyl halides is 2. The molecule has 82 valence electrons. The summed E-state index contributed by atoms with van der Waals surface area (Å²) >= 11 is 0. The Hall–Kier alpha value is -0.750. The number of halogens is 2. The standard InChI is InChI=1S/C8H12F2O4/c9-7(10)4-13-5-1-2-6(8(11)12)14-3-5/h5-7H,1-4H2,(H,11,12). The zero-order valence-electron chi connectivity index (χ0n) is 7.49. The molecule has 0 spiro atoms. The van der Waals surface area contributed by atoms with Crippen molar-refractivity contribution in [2.75, 3.05) is 13.2 Å².